The van der Waals surface area contributed by atoms with E-state index in [0.29, 0.717) is 36.8 Å². The Morgan fingerprint density at radius 2 is 1.89 bits per heavy atom. The van der Waals surface area contributed by atoms with Crippen LogP contribution in [-0.2, 0) is 4.74 Å². The van der Waals surface area contributed by atoms with E-state index in [0.717, 1.165) is 61.6 Å². The van der Waals surface area contributed by atoms with E-state index in [-0.39, 0.29) is 17.7 Å². The van der Waals surface area contributed by atoms with Crippen molar-refractivity contribution in [2.45, 2.75) is 18.8 Å². The molecule has 2 fully saturated rings. The van der Waals surface area contributed by atoms with Crippen molar-refractivity contribution in [3.63, 3.8) is 0 Å². The molecule has 2 amide bonds. The van der Waals surface area contributed by atoms with E-state index in [2.05, 4.69) is 20.2 Å². The molecule has 0 unspecified atom stereocenters. The zero-order chi connectivity index (χ0) is 24.9. The quantitative estimate of drug-likeness (QED) is 0.523. The summed E-state index contributed by atoms with van der Waals surface area (Å²) in [7, 11) is 1.61. The fraction of sp³-hybridized carbons (Fsp3) is 0.462. The number of nitrogens with one attached hydrogen (secondary N) is 1. The van der Waals surface area contributed by atoms with E-state index in [1.54, 1.807) is 13.2 Å². The number of carbonyl (C=O) groups excluding carboxylic acids is 2. The molecule has 0 radical (unpaired) electrons. The summed E-state index contributed by atoms with van der Waals surface area (Å²) in [5.41, 5.74) is 1.62. The number of carbonyl (C=O) groups is 2. The Hall–Kier alpha value is -3.08. The Kier molecular flexibility index (Phi) is 7.74. The monoisotopic (exact) mass is 509 g/mol. The number of hydrogen-bond acceptors (Lipinski definition) is 8. The van der Waals surface area contributed by atoms with Crippen LogP contribution in [0.4, 0.5) is 0 Å². The third-order valence-corrected chi connectivity index (χ3v) is 7.83. The lowest BCUT2D eigenvalue weighted by Gasteiger charge is -2.31. The Labute approximate surface area is 214 Å². The number of methoxy groups -OCH3 is 1. The fourth-order valence-corrected chi connectivity index (χ4v) is 5.71. The highest BCUT2D eigenvalue weighted by Gasteiger charge is 2.28. The summed E-state index contributed by atoms with van der Waals surface area (Å²) in [6.45, 7) is 5.98. The van der Waals surface area contributed by atoms with Gasteiger partial charge < -0.3 is 19.7 Å². The predicted octanol–water partition coefficient (Wildman–Crippen LogP) is 2.78. The third kappa shape index (κ3) is 5.50. The van der Waals surface area contributed by atoms with Gasteiger partial charge in [-0.15, -0.1) is 11.3 Å². The molecule has 0 saturated carbocycles. The molecular weight excluding hydrogens is 478 g/mol. The van der Waals surface area contributed by atoms with Crippen LogP contribution < -0.4 is 10.1 Å². The van der Waals surface area contributed by atoms with Crippen LogP contribution >= 0.6 is 11.3 Å². The molecule has 5 rings (SSSR count). The lowest BCUT2D eigenvalue weighted by Crippen LogP contribution is -2.41. The van der Waals surface area contributed by atoms with Gasteiger partial charge in [0.05, 0.1) is 30.8 Å². The average molecular weight is 510 g/mol. The number of rotatable bonds is 7. The molecule has 0 spiro atoms. The van der Waals surface area contributed by atoms with E-state index in [4.69, 9.17) is 9.47 Å². The van der Waals surface area contributed by atoms with Gasteiger partial charge in [0.15, 0.2) is 0 Å². The summed E-state index contributed by atoms with van der Waals surface area (Å²) in [6.07, 6.45) is 1.62. The number of pyridine rings is 1. The van der Waals surface area contributed by atoms with Gasteiger partial charge in [-0.3, -0.25) is 14.5 Å². The zero-order valence-corrected chi connectivity index (χ0v) is 21.3. The maximum Gasteiger partial charge on any atom is 0.272 e. The van der Waals surface area contributed by atoms with Gasteiger partial charge in [-0.05, 0) is 25.0 Å². The molecule has 2 aliphatic heterocycles. The second-order valence-corrected chi connectivity index (χ2v) is 9.96. The number of hydrogen-bond donors (Lipinski definition) is 1. The van der Waals surface area contributed by atoms with Crippen LogP contribution in [0.1, 0.15) is 44.7 Å². The molecule has 2 aliphatic rings. The summed E-state index contributed by atoms with van der Waals surface area (Å²) in [5, 5.41) is 6.67. The van der Waals surface area contributed by atoms with Crippen molar-refractivity contribution < 1.29 is 19.1 Å². The second kappa shape index (κ2) is 11.3. The number of ether oxygens (including phenoxy) is 2. The number of thiazole rings is 1. The minimum atomic E-state index is -0.130. The first kappa shape index (κ1) is 24.6. The van der Waals surface area contributed by atoms with Crippen molar-refractivity contribution in [2.75, 3.05) is 59.6 Å². The molecule has 9 nitrogen and oxygen atoms in total. The zero-order valence-electron chi connectivity index (χ0n) is 20.4. The molecule has 10 heteroatoms. The Morgan fingerprint density at radius 3 is 2.67 bits per heavy atom. The molecule has 4 heterocycles. The van der Waals surface area contributed by atoms with Crippen LogP contribution in [-0.4, -0.2) is 91.2 Å². The first-order valence-corrected chi connectivity index (χ1v) is 13.3. The summed E-state index contributed by atoms with van der Waals surface area (Å²) in [4.78, 5) is 39.1. The molecule has 1 aromatic carbocycles. The van der Waals surface area contributed by atoms with Gasteiger partial charge in [-0.2, -0.15) is 0 Å². The van der Waals surface area contributed by atoms with Crippen LogP contribution in [0, 0.1) is 0 Å². The maximum absolute atomic E-state index is 13.2. The van der Waals surface area contributed by atoms with E-state index in [1.165, 1.54) is 11.3 Å². The molecule has 0 atom stereocenters. The number of aromatic nitrogens is 2. The van der Waals surface area contributed by atoms with Gasteiger partial charge in [0, 0.05) is 62.0 Å². The van der Waals surface area contributed by atoms with E-state index in [9.17, 15) is 9.59 Å². The molecule has 0 bridgehead atoms. The van der Waals surface area contributed by atoms with Crippen LogP contribution in [0.2, 0.25) is 0 Å². The molecule has 1 N–H and O–H groups in total. The Bertz CT molecular complexity index is 1220. The number of benzene rings is 1. The second-order valence-electron chi connectivity index (χ2n) is 9.07. The molecule has 2 aromatic heterocycles. The van der Waals surface area contributed by atoms with E-state index < -0.39 is 0 Å². The van der Waals surface area contributed by atoms with Gasteiger partial charge in [-0.1, -0.05) is 12.1 Å². The first-order chi connectivity index (χ1) is 17.6. The lowest BCUT2D eigenvalue weighted by molar-refractivity contribution is 0.0383. The topological polar surface area (TPSA) is 96.9 Å². The number of fused-ring (bicyclic) bond motifs is 1. The number of likely N-dealkylation sites (tertiary alicyclic amines) is 1. The normalized spacial score (nSPS) is 17.3. The molecule has 36 heavy (non-hydrogen) atoms. The minimum absolute atomic E-state index is 0.0861. The van der Waals surface area contributed by atoms with Gasteiger partial charge in [0.2, 0.25) is 0 Å². The van der Waals surface area contributed by atoms with E-state index >= 15 is 0 Å². The van der Waals surface area contributed by atoms with Gasteiger partial charge in [-0.25, -0.2) is 9.97 Å². The number of para-hydroxylation sites is 1. The number of nitrogens with zero attached hydrogens (tertiary/aromatic N) is 4. The average Bonchev–Trinajstić information content (AvgIpc) is 3.43. The summed E-state index contributed by atoms with van der Waals surface area (Å²) in [6, 6.07) is 9.38. The SMILES string of the molecule is COc1cc(C(=O)N2CCC(c3nc(C(=O)NCCN4CCOCC4)cs3)CC2)nc2ccccc12. The van der Waals surface area contributed by atoms with E-state index in [1.807, 2.05) is 34.5 Å². The van der Waals surface area contributed by atoms with Crippen molar-refractivity contribution in [2.24, 2.45) is 0 Å². The lowest BCUT2D eigenvalue weighted by atomic mass is 9.97. The number of piperidine rings is 1. The highest BCUT2D eigenvalue weighted by Crippen LogP contribution is 2.31. The van der Waals surface area contributed by atoms with Crippen LogP contribution in [0.25, 0.3) is 10.9 Å². The summed E-state index contributed by atoms with van der Waals surface area (Å²) < 4.78 is 10.9. The Morgan fingerprint density at radius 1 is 1.11 bits per heavy atom. The Balaban J connectivity index is 1.15. The summed E-state index contributed by atoms with van der Waals surface area (Å²) >= 11 is 1.53. The maximum atomic E-state index is 13.2. The van der Waals surface area contributed by atoms with Crippen LogP contribution in [0.3, 0.4) is 0 Å². The van der Waals surface area contributed by atoms with Crippen molar-refractivity contribution in [1.82, 2.24) is 25.1 Å². The molecule has 3 aromatic rings. The predicted molar refractivity (Wildman–Crippen MR) is 138 cm³/mol. The van der Waals surface area contributed by atoms with Gasteiger partial charge >= 0.3 is 0 Å². The molecule has 2 saturated heterocycles. The third-order valence-electron chi connectivity index (χ3n) is 6.82. The largest absolute Gasteiger partial charge is 0.496 e. The number of amides is 2. The molecular formula is C26H31N5O4S. The van der Waals surface area contributed by atoms with Crippen molar-refractivity contribution in [3.05, 3.63) is 52.1 Å². The molecule has 190 valence electrons. The molecule has 0 aliphatic carbocycles. The highest BCUT2D eigenvalue weighted by atomic mass is 32.1. The first-order valence-electron chi connectivity index (χ1n) is 12.4. The summed E-state index contributed by atoms with van der Waals surface area (Å²) in [5.74, 6) is 0.678. The van der Waals surface area contributed by atoms with Crippen molar-refractivity contribution >= 4 is 34.1 Å². The van der Waals surface area contributed by atoms with Crippen LogP contribution in [0.15, 0.2) is 35.7 Å². The van der Waals surface area contributed by atoms with Crippen molar-refractivity contribution in [3.8, 4) is 5.75 Å². The van der Waals surface area contributed by atoms with Gasteiger partial charge in [0.25, 0.3) is 11.8 Å². The fourth-order valence-electron chi connectivity index (χ4n) is 4.74. The van der Waals surface area contributed by atoms with Crippen molar-refractivity contribution in [1.29, 1.82) is 0 Å². The smallest absolute Gasteiger partial charge is 0.272 e. The van der Waals surface area contributed by atoms with Crippen LogP contribution in [0.5, 0.6) is 5.75 Å². The highest BCUT2D eigenvalue weighted by molar-refractivity contribution is 7.09. The van der Waals surface area contributed by atoms with Gasteiger partial charge in [0.1, 0.15) is 17.1 Å². The standard InChI is InChI=1S/C26H31N5O4S/c1-34-23-16-21(28-20-5-3-2-4-19(20)23)26(33)31-9-6-18(7-10-31)25-29-22(17-36-25)24(32)27-8-11-30-12-14-35-15-13-30/h2-5,16-18H,6-15H2,1H3,(H,27,32). The number of morpholine rings is 1. The minimum Gasteiger partial charge on any atom is -0.496 e.